The van der Waals surface area contributed by atoms with Crippen LogP contribution in [0.5, 0.6) is 11.5 Å². The molecule has 21 heavy (non-hydrogen) atoms. The Morgan fingerprint density at radius 3 is 2.57 bits per heavy atom. The van der Waals surface area contributed by atoms with Crippen LogP contribution in [-0.4, -0.2) is 7.11 Å². The second kappa shape index (κ2) is 7.01. The summed E-state index contributed by atoms with van der Waals surface area (Å²) in [5, 5.41) is 0.525. The molecule has 0 spiro atoms. The summed E-state index contributed by atoms with van der Waals surface area (Å²) in [4.78, 5) is 0. The molecule has 0 unspecified atom stereocenters. The van der Waals surface area contributed by atoms with Gasteiger partial charge in [-0.05, 0) is 36.2 Å². The molecule has 0 atom stereocenters. The zero-order chi connectivity index (χ0) is 15.4. The van der Waals surface area contributed by atoms with Crippen LogP contribution in [0.1, 0.15) is 16.7 Å². The second-order valence-corrected chi connectivity index (χ2v) is 5.29. The summed E-state index contributed by atoms with van der Waals surface area (Å²) in [6.45, 7) is 2.13. The van der Waals surface area contributed by atoms with Gasteiger partial charge >= 0.3 is 0 Å². The van der Waals surface area contributed by atoms with E-state index in [4.69, 9.17) is 32.7 Å². The van der Waals surface area contributed by atoms with Gasteiger partial charge in [0.05, 0.1) is 13.0 Å². The van der Waals surface area contributed by atoms with E-state index in [1.807, 2.05) is 6.92 Å². The summed E-state index contributed by atoms with van der Waals surface area (Å²) in [6.07, 6.45) is 0. The summed E-state index contributed by atoms with van der Waals surface area (Å²) in [6, 6.07) is 7.98. The molecule has 0 aliphatic heterocycles. The maximum atomic E-state index is 13.3. The van der Waals surface area contributed by atoms with Crippen LogP contribution in [0.3, 0.4) is 0 Å². The van der Waals surface area contributed by atoms with E-state index >= 15 is 0 Å². The van der Waals surface area contributed by atoms with E-state index in [0.29, 0.717) is 16.5 Å². The predicted molar refractivity (Wildman–Crippen MR) is 83.0 cm³/mol. The van der Waals surface area contributed by atoms with Gasteiger partial charge < -0.3 is 9.47 Å². The Morgan fingerprint density at radius 2 is 1.90 bits per heavy atom. The topological polar surface area (TPSA) is 18.5 Å². The van der Waals surface area contributed by atoms with Crippen molar-refractivity contribution in [3.05, 3.63) is 57.9 Å². The minimum atomic E-state index is -0.292. The number of alkyl halides is 1. The first-order chi connectivity index (χ1) is 10.0. The molecule has 2 aromatic carbocycles. The predicted octanol–water partition coefficient (Wildman–Crippen LogP) is 5.11. The monoisotopic (exact) mass is 328 g/mol. The van der Waals surface area contributed by atoms with Gasteiger partial charge in [0.2, 0.25) is 0 Å². The highest BCUT2D eigenvalue weighted by Gasteiger charge is 2.13. The molecular weight excluding hydrogens is 314 g/mol. The fraction of sp³-hybridized carbons (Fsp3) is 0.250. The lowest BCUT2D eigenvalue weighted by Gasteiger charge is -2.15. The first-order valence-electron chi connectivity index (χ1n) is 6.35. The normalized spacial score (nSPS) is 10.5. The quantitative estimate of drug-likeness (QED) is 0.709. The van der Waals surface area contributed by atoms with Crippen LogP contribution < -0.4 is 9.47 Å². The third kappa shape index (κ3) is 3.80. The second-order valence-electron chi connectivity index (χ2n) is 4.59. The number of hydrogen-bond donors (Lipinski definition) is 0. The molecule has 0 N–H and O–H groups in total. The van der Waals surface area contributed by atoms with Gasteiger partial charge in [-0.15, -0.1) is 11.6 Å². The van der Waals surface area contributed by atoms with Gasteiger partial charge in [-0.3, -0.25) is 0 Å². The Morgan fingerprint density at radius 1 is 1.14 bits per heavy atom. The van der Waals surface area contributed by atoms with E-state index in [2.05, 4.69) is 0 Å². The van der Waals surface area contributed by atoms with Crippen LogP contribution in [0.15, 0.2) is 30.3 Å². The van der Waals surface area contributed by atoms with Crippen LogP contribution in [0.2, 0.25) is 5.02 Å². The highest BCUT2D eigenvalue weighted by Crippen LogP contribution is 2.36. The maximum absolute atomic E-state index is 13.3. The van der Waals surface area contributed by atoms with E-state index in [0.717, 1.165) is 16.7 Å². The lowest BCUT2D eigenvalue weighted by atomic mass is 10.1. The first kappa shape index (κ1) is 15.9. The van der Waals surface area contributed by atoms with Gasteiger partial charge in [0.1, 0.15) is 12.4 Å². The van der Waals surface area contributed by atoms with Crippen LogP contribution in [0, 0.1) is 12.7 Å². The summed E-state index contributed by atoms with van der Waals surface area (Å²) in [7, 11) is 1.53. The largest absolute Gasteiger partial charge is 0.493 e. The highest BCUT2D eigenvalue weighted by molar-refractivity contribution is 6.31. The van der Waals surface area contributed by atoms with Crippen molar-refractivity contribution in [2.24, 2.45) is 0 Å². The van der Waals surface area contributed by atoms with E-state index in [9.17, 15) is 4.39 Å². The van der Waals surface area contributed by atoms with Gasteiger partial charge in [-0.25, -0.2) is 4.39 Å². The maximum Gasteiger partial charge on any atom is 0.166 e. The van der Waals surface area contributed by atoms with Crippen LogP contribution >= 0.6 is 23.2 Å². The molecule has 0 heterocycles. The molecule has 2 aromatic rings. The Bertz CT molecular complexity index is 619. The molecular formula is C16H15Cl2FO2. The third-order valence-electron chi connectivity index (χ3n) is 3.14. The van der Waals surface area contributed by atoms with Gasteiger partial charge in [-0.2, -0.15) is 0 Å². The number of rotatable bonds is 5. The van der Waals surface area contributed by atoms with Crippen molar-refractivity contribution in [2.75, 3.05) is 7.11 Å². The summed E-state index contributed by atoms with van der Waals surface area (Å²) in [5.74, 6) is 0.988. The number of methoxy groups -OCH3 is 1. The lowest BCUT2D eigenvalue weighted by Crippen LogP contribution is -2.02. The third-order valence-corrected chi connectivity index (χ3v) is 3.65. The summed E-state index contributed by atoms with van der Waals surface area (Å²) >= 11 is 11.9. The molecule has 0 radical (unpaired) electrons. The Hall–Kier alpha value is -1.45. The minimum absolute atomic E-state index is 0.228. The van der Waals surface area contributed by atoms with Gasteiger partial charge in [-0.1, -0.05) is 17.7 Å². The number of benzene rings is 2. The first-order valence-corrected chi connectivity index (χ1v) is 7.26. The number of aryl methyl sites for hydroxylation is 1. The number of ether oxygens (including phenoxy) is 2. The van der Waals surface area contributed by atoms with E-state index in [1.165, 1.54) is 19.2 Å². The molecule has 2 rings (SSSR count). The average molecular weight is 329 g/mol. The minimum Gasteiger partial charge on any atom is -0.493 e. The zero-order valence-corrected chi connectivity index (χ0v) is 13.3. The summed E-state index contributed by atoms with van der Waals surface area (Å²) < 4.78 is 24.4. The number of halogens is 3. The molecule has 0 fully saturated rings. The van der Waals surface area contributed by atoms with Crippen molar-refractivity contribution in [3.63, 3.8) is 0 Å². The van der Waals surface area contributed by atoms with Gasteiger partial charge in [0.25, 0.3) is 0 Å². The number of hydrogen-bond acceptors (Lipinski definition) is 2. The van der Waals surface area contributed by atoms with Crippen LogP contribution in [0.4, 0.5) is 4.39 Å². The molecule has 0 amide bonds. The molecule has 0 saturated carbocycles. The fourth-order valence-corrected chi connectivity index (χ4v) is 2.41. The Labute approximate surface area is 133 Å². The fourth-order valence-electron chi connectivity index (χ4n) is 1.98. The molecule has 112 valence electrons. The highest BCUT2D eigenvalue weighted by atomic mass is 35.5. The van der Waals surface area contributed by atoms with E-state index in [1.54, 1.807) is 18.2 Å². The standard InChI is InChI=1S/C16H15Cl2FO2/c1-10-3-4-14(19)6-12(10)9-21-16-11(8-17)5-13(18)7-15(16)20-2/h3-7H,8-9H2,1-2H3. The molecule has 0 aliphatic rings. The van der Waals surface area contributed by atoms with Crippen molar-refractivity contribution in [1.82, 2.24) is 0 Å². The lowest BCUT2D eigenvalue weighted by molar-refractivity contribution is 0.281. The van der Waals surface area contributed by atoms with Crippen LogP contribution in [0.25, 0.3) is 0 Å². The SMILES string of the molecule is COc1cc(Cl)cc(CCl)c1OCc1cc(F)ccc1C. The zero-order valence-electron chi connectivity index (χ0n) is 11.8. The Balaban J connectivity index is 2.29. The van der Waals surface area contributed by atoms with Crippen molar-refractivity contribution in [3.8, 4) is 11.5 Å². The molecule has 0 aromatic heterocycles. The molecule has 2 nitrogen and oxygen atoms in total. The average Bonchev–Trinajstić information content (AvgIpc) is 2.48. The summed E-state index contributed by atoms with van der Waals surface area (Å²) in [5.41, 5.74) is 2.46. The van der Waals surface area contributed by atoms with Gasteiger partial charge in [0, 0.05) is 16.7 Å². The molecule has 0 bridgehead atoms. The van der Waals surface area contributed by atoms with Crippen molar-refractivity contribution < 1.29 is 13.9 Å². The van der Waals surface area contributed by atoms with E-state index in [-0.39, 0.29) is 18.3 Å². The van der Waals surface area contributed by atoms with Crippen LogP contribution in [-0.2, 0) is 12.5 Å². The van der Waals surface area contributed by atoms with Crippen molar-refractivity contribution >= 4 is 23.2 Å². The van der Waals surface area contributed by atoms with Crippen molar-refractivity contribution in [2.45, 2.75) is 19.4 Å². The van der Waals surface area contributed by atoms with E-state index < -0.39 is 0 Å². The molecule has 0 aliphatic carbocycles. The van der Waals surface area contributed by atoms with Gasteiger partial charge in [0.15, 0.2) is 11.5 Å². The molecule has 5 heteroatoms. The molecule has 0 saturated heterocycles. The Kier molecular flexibility index (Phi) is 5.32. The smallest absolute Gasteiger partial charge is 0.166 e. The van der Waals surface area contributed by atoms with Crippen molar-refractivity contribution in [1.29, 1.82) is 0 Å².